The van der Waals surface area contributed by atoms with E-state index in [1.165, 1.54) is 11.8 Å². The molecule has 1 aliphatic heterocycles. The van der Waals surface area contributed by atoms with Crippen LogP contribution < -0.4 is 9.61 Å². The molecule has 0 saturated heterocycles. The van der Waals surface area contributed by atoms with Crippen LogP contribution in [0.1, 0.15) is 36.6 Å². The Hall–Kier alpha value is -2.26. The molecule has 29 heavy (non-hydrogen) atoms. The first-order valence-corrected chi connectivity index (χ1v) is 11.1. The van der Waals surface area contributed by atoms with E-state index in [-0.39, 0.29) is 24.5 Å². The molecule has 0 fully saturated rings. The third kappa shape index (κ3) is 4.20. The molecule has 1 aliphatic rings. The number of benzene rings is 1. The highest BCUT2D eigenvalue weighted by Crippen LogP contribution is 2.54. The van der Waals surface area contributed by atoms with Crippen molar-refractivity contribution in [1.29, 1.82) is 0 Å². The minimum atomic E-state index is -1.18. The average molecular weight is 438 g/mol. The summed E-state index contributed by atoms with van der Waals surface area (Å²) >= 11 is 2.42. The lowest BCUT2D eigenvalue weighted by Crippen LogP contribution is -2.45. The van der Waals surface area contributed by atoms with Gasteiger partial charge in [0.1, 0.15) is 5.75 Å². The number of thioether (sulfide) groups is 1. The summed E-state index contributed by atoms with van der Waals surface area (Å²) in [4.78, 5) is 41.2. The summed E-state index contributed by atoms with van der Waals surface area (Å²) < 4.78 is 15.8. The molecule has 156 valence electrons. The second-order valence-electron chi connectivity index (χ2n) is 6.56. The van der Waals surface area contributed by atoms with Crippen molar-refractivity contribution in [2.75, 3.05) is 26.1 Å². The molecule has 3 rings (SSSR count). The third-order valence-corrected chi connectivity index (χ3v) is 7.17. The average Bonchev–Trinajstić information content (AvgIpc) is 3.08. The summed E-state index contributed by atoms with van der Waals surface area (Å²) in [5.41, 5.74) is -0.375. The van der Waals surface area contributed by atoms with Gasteiger partial charge in [-0.15, -0.1) is 11.8 Å². The maximum Gasteiger partial charge on any atom is 0.314 e. The Morgan fingerprint density at radius 1 is 1.17 bits per heavy atom. The Kier molecular flexibility index (Phi) is 6.69. The number of carbonyl (C=O) groups excluding carboxylic acids is 2. The molecule has 2 aromatic rings. The van der Waals surface area contributed by atoms with Gasteiger partial charge in [-0.25, -0.2) is 0 Å². The zero-order valence-electron chi connectivity index (χ0n) is 16.5. The molecule has 0 bridgehead atoms. The fourth-order valence-electron chi connectivity index (χ4n) is 3.57. The van der Waals surface area contributed by atoms with Crippen molar-refractivity contribution < 1.29 is 23.8 Å². The van der Waals surface area contributed by atoms with E-state index in [9.17, 15) is 14.4 Å². The van der Waals surface area contributed by atoms with Crippen LogP contribution in [0.15, 0.2) is 34.1 Å². The van der Waals surface area contributed by atoms with Gasteiger partial charge in [0.15, 0.2) is 0 Å². The van der Waals surface area contributed by atoms with Gasteiger partial charge in [0.2, 0.25) is 0 Å². The van der Waals surface area contributed by atoms with E-state index in [4.69, 9.17) is 14.2 Å². The van der Waals surface area contributed by atoms with Crippen LogP contribution in [0.2, 0.25) is 0 Å². The van der Waals surface area contributed by atoms with Crippen LogP contribution in [-0.2, 0) is 19.1 Å². The quantitative estimate of drug-likeness (QED) is 0.665. The molecule has 1 aromatic heterocycles. The number of hydrogen-bond donors (Lipinski definition) is 1. The fourth-order valence-corrected chi connectivity index (χ4v) is 6.13. The molecule has 9 heteroatoms. The van der Waals surface area contributed by atoms with E-state index in [0.717, 1.165) is 26.8 Å². The maximum absolute atomic E-state index is 13.2. The van der Waals surface area contributed by atoms with Crippen LogP contribution in [0, 0.1) is 5.41 Å². The van der Waals surface area contributed by atoms with E-state index in [1.54, 1.807) is 33.1 Å². The highest BCUT2D eigenvalue weighted by molar-refractivity contribution is 7.99. The van der Waals surface area contributed by atoms with E-state index in [0.29, 0.717) is 11.5 Å². The lowest BCUT2D eigenvalue weighted by atomic mass is 9.70. The molecule has 0 radical (unpaired) electrons. The van der Waals surface area contributed by atoms with Crippen LogP contribution in [-0.4, -0.2) is 43.0 Å². The molecule has 1 aromatic carbocycles. The van der Waals surface area contributed by atoms with Gasteiger partial charge in [0, 0.05) is 16.5 Å². The topological polar surface area (TPSA) is 94.7 Å². The standard InChI is InChI=1S/C20H23NO6S2/c1-4-26-14(22)10-20(18(23)27-5-2)11-28-17-16(29-19(24)21-17)15(20)12-6-8-13(25-3)9-7-12/h6-9,15H,4-5,10-11H2,1-3H3,(H,21,24)/t15-,20-/m1/s1. The van der Waals surface area contributed by atoms with Crippen molar-refractivity contribution >= 4 is 35.0 Å². The lowest BCUT2D eigenvalue weighted by molar-refractivity contribution is -0.162. The monoisotopic (exact) mass is 437 g/mol. The molecule has 2 heterocycles. The Morgan fingerprint density at radius 3 is 2.48 bits per heavy atom. The molecule has 0 saturated carbocycles. The number of methoxy groups -OCH3 is 1. The predicted octanol–water partition coefficient (Wildman–Crippen LogP) is 3.19. The number of aromatic nitrogens is 1. The molecule has 2 atom stereocenters. The smallest absolute Gasteiger partial charge is 0.314 e. The maximum atomic E-state index is 13.2. The molecular weight excluding hydrogens is 414 g/mol. The molecule has 0 unspecified atom stereocenters. The second-order valence-corrected chi connectivity index (χ2v) is 8.56. The van der Waals surface area contributed by atoms with Crippen LogP contribution in [0.4, 0.5) is 0 Å². The lowest BCUT2D eigenvalue weighted by Gasteiger charge is -2.40. The largest absolute Gasteiger partial charge is 0.497 e. The molecule has 0 aliphatic carbocycles. The van der Waals surface area contributed by atoms with Gasteiger partial charge >= 0.3 is 16.8 Å². The van der Waals surface area contributed by atoms with Gasteiger partial charge in [0.25, 0.3) is 0 Å². The fraction of sp³-hybridized carbons (Fsp3) is 0.450. The van der Waals surface area contributed by atoms with E-state index in [1.807, 2.05) is 12.1 Å². The summed E-state index contributed by atoms with van der Waals surface area (Å²) in [6, 6.07) is 7.30. The van der Waals surface area contributed by atoms with Crippen LogP contribution >= 0.6 is 23.1 Å². The number of fused-ring (bicyclic) bond motifs is 1. The van der Waals surface area contributed by atoms with Crippen molar-refractivity contribution in [2.45, 2.75) is 31.2 Å². The van der Waals surface area contributed by atoms with E-state index in [2.05, 4.69) is 4.98 Å². The van der Waals surface area contributed by atoms with Crippen LogP contribution in [0.25, 0.3) is 0 Å². The van der Waals surface area contributed by atoms with Crippen molar-refractivity contribution in [3.63, 3.8) is 0 Å². The first-order chi connectivity index (χ1) is 13.9. The van der Waals surface area contributed by atoms with Gasteiger partial charge in [-0.2, -0.15) is 0 Å². The Morgan fingerprint density at radius 2 is 1.86 bits per heavy atom. The normalized spacial score (nSPS) is 20.6. The number of ether oxygens (including phenoxy) is 3. The zero-order chi connectivity index (χ0) is 21.0. The number of aromatic amines is 1. The minimum Gasteiger partial charge on any atom is -0.497 e. The number of H-pyrrole nitrogens is 1. The van der Waals surface area contributed by atoms with Crippen LogP contribution in [0.5, 0.6) is 5.75 Å². The number of esters is 2. The molecule has 0 amide bonds. The van der Waals surface area contributed by atoms with Crippen molar-refractivity contribution in [2.24, 2.45) is 5.41 Å². The molecular formula is C20H23NO6S2. The van der Waals surface area contributed by atoms with Crippen molar-refractivity contribution in [3.8, 4) is 5.75 Å². The van der Waals surface area contributed by atoms with Crippen molar-refractivity contribution in [1.82, 2.24) is 4.98 Å². The summed E-state index contributed by atoms with van der Waals surface area (Å²) in [6.07, 6.45) is -0.130. The summed E-state index contributed by atoms with van der Waals surface area (Å²) in [5, 5.41) is 0.726. The SMILES string of the molecule is CCOC(=O)C[C@@]1(C(=O)OCC)CSc2[nH]c(=O)sc2[C@H]1c1ccc(OC)cc1. The van der Waals surface area contributed by atoms with Gasteiger partial charge in [-0.05, 0) is 31.5 Å². The molecule has 0 spiro atoms. The predicted molar refractivity (Wildman–Crippen MR) is 111 cm³/mol. The Balaban J connectivity index is 2.17. The number of rotatable bonds is 7. The van der Waals surface area contributed by atoms with Crippen molar-refractivity contribution in [3.05, 3.63) is 44.4 Å². The molecule has 1 N–H and O–H groups in total. The highest BCUT2D eigenvalue weighted by Gasteiger charge is 2.54. The number of nitrogens with one attached hydrogen (secondary N) is 1. The second kappa shape index (κ2) is 9.04. The Bertz CT molecular complexity index is 935. The highest BCUT2D eigenvalue weighted by atomic mass is 32.2. The number of hydrogen-bond acceptors (Lipinski definition) is 8. The van der Waals surface area contributed by atoms with E-state index >= 15 is 0 Å². The number of carbonyl (C=O) groups is 2. The molecule has 7 nitrogen and oxygen atoms in total. The summed E-state index contributed by atoms with van der Waals surface area (Å²) in [5.74, 6) is -0.481. The van der Waals surface area contributed by atoms with E-state index < -0.39 is 23.3 Å². The van der Waals surface area contributed by atoms with Crippen LogP contribution in [0.3, 0.4) is 0 Å². The first kappa shape index (κ1) is 21.4. The van der Waals surface area contributed by atoms with Gasteiger partial charge < -0.3 is 19.2 Å². The third-order valence-electron chi connectivity index (χ3n) is 4.83. The summed E-state index contributed by atoms with van der Waals surface area (Å²) in [6.45, 7) is 3.87. The summed E-state index contributed by atoms with van der Waals surface area (Å²) in [7, 11) is 1.58. The minimum absolute atomic E-state index is 0.130. The zero-order valence-corrected chi connectivity index (χ0v) is 18.1. The van der Waals surface area contributed by atoms with Gasteiger partial charge in [0.05, 0.1) is 37.2 Å². The first-order valence-electron chi connectivity index (χ1n) is 9.27. The van der Waals surface area contributed by atoms with Gasteiger partial charge in [-0.1, -0.05) is 23.5 Å². The number of thiazole rings is 1. The van der Waals surface area contributed by atoms with Gasteiger partial charge in [-0.3, -0.25) is 14.4 Å². The Labute approximate surface area is 176 Å².